The Morgan fingerprint density at radius 3 is 2.43 bits per heavy atom. The Morgan fingerprint density at radius 1 is 1.14 bits per heavy atom. The molecule has 1 aliphatic rings. The number of hydrogen-bond acceptors (Lipinski definition) is 6. The number of piperidine rings is 1. The number of halogens is 1. The van der Waals surface area contributed by atoms with Crippen LogP contribution in [0.15, 0.2) is 30.5 Å². The second-order valence-corrected chi connectivity index (χ2v) is 6.31. The lowest BCUT2D eigenvalue weighted by Crippen LogP contribution is -2.34. The van der Waals surface area contributed by atoms with E-state index < -0.39 is 0 Å². The molecule has 1 aromatic carbocycles. The zero-order chi connectivity index (χ0) is 19.1. The summed E-state index contributed by atoms with van der Waals surface area (Å²) in [5, 5.41) is 16.8. The molecule has 0 spiro atoms. The molecule has 0 aliphatic carbocycles. The molecule has 0 radical (unpaired) electrons. The summed E-state index contributed by atoms with van der Waals surface area (Å²) in [5.74, 6) is 0.189. The molecular weight excluding hydrogens is 384 g/mol. The van der Waals surface area contributed by atoms with Crippen LogP contribution in [-0.4, -0.2) is 60.1 Å². The molecule has 1 aliphatic heterocycles. The number of methoxy groups -OCH3 is 1. The number of carbonyl (C=O) groups is 2. The summed E-state index contributed by atoms with van der Waals surface area (Å²) < 4.78 is 6.83. The Morgan fingerprint density at radius 2 is 1.79 bits per heavy atom. The average Bonchev–Trinajstić information content (AvgIpc) is 3.22. The van der Waals surface area contributed by atoms with Crippen LogP contribution < -0.4 is 20.7 Å². The molecule has 0 atom stereocenters. The fraction of sp³-hybridized carbons (Fsp3) is 0.444. The Labute approximate surface area is 169 Å². The molecule has 0 saturated carbocycles. The van der Waals surface area contributed by atoms with Gasteiger partial charge in [-0.3, -0.25) is 9.59 Å². The maximum atomic E-state index is 12.2. The lowest BCUT2D eigenvalue weighted by molar-refractivity contribution is 0.0925. The molecule has 2 aromatic rings. The van der Waals surface area contributed by atoms with E-state index in [9.17, 15) is 9.59 Å². The normalized spacial score (nSPS) is 14.0. The topological polar surface area (TPSA) is 110 Å². The smallest absolute Gasteiger partial charge is 0.273 e. The predicted octanol–water partition coefficient (Wildman–Crippen LogP) is 0.793. The highest BCUT2D eigenvalue weighted by atomic mass is 35.5. The third-order valence-corrected chi connectivity index (χ3v) is 4.47. The number of hydrogen-bond donors (Lipinski definition) is 3. The van der Waals surface area contributed by atoms with Crippen molar-refractivity contribution in [1.82, 2.24) is 30.9 Å². The Bertz CT molecular complexity index is 774. The first-order valence-corrected chi connectivity index (χ1v) is 9.00. The number of ether oxygens (including phenoxy) is 1. The minimum Gasteiger partial charge on any atom is -0.497 e. The van der Waals surface area contributed by atoms with Crippen LogP contribution in [0.4, 0.5) is 0 Å². The van der Waals surface area contributed by atoms with E-state index in [1.807, 2.05) is 0 Å². The largest absolute Gasteiger partial charge is 0.497 e. The van der Waals surface area contributed by atoms with Gasteiger partial charge in [0.05, 0.1) is 19.3 Å². The maximum Gasteiger partial charge on any atom is 0.273 e. The van der Waals surface area contributed by atoms with Crippen molar-refractivity contribution < 1.29 is 14.3 Å². The molecule has 3 N–H and O–H groups in total. The molecule has 0 bridgehead atoms. The highest BCUT2D eigenvalue weighted by Gasteiger charge is 2.18. The molecule has 2 heterocycles. The molecule has 1 fully saturated rings. The van der Waals surface area contributed by atoms with Crippen LogP contribution in [0.5, 0.6) is 5.75 Å². The minimum absolute atomic E-state index is 0. The number of nitrogens with one attached hydrogen (secondary N) is 3. The first-order chi connectivity index (χ1) is 13.2. The van der Waals surface area contributed by atoms with Gasteiger partial charge in [-0.25, -0.2) is 4.68 Å². The van der Waals surface area contributed by atoms with E-state index in [0.29, 0.717) is 24.4 Å². The van der Waals surface area contributed by atoms with Crippen LogP contribution in [0.25, 0.3) is 0 Å². The van der Waals surface area contributed by atoms with E-state index in [1.165, 1.54) is 0 Å². The number of amides is 2. The van der Waals surface area contributed by atoms with Gasteiger partial charge in [0.15, 0.2) is 5.69 Å². The van der Waals surface area contributed by atoms with E-state index >= 15 is 0 Å². The lowest BCUT2D eigenvalue weighted by Gasteiger charge is -2.22. The van der Waals surface area contributed by atoms with Crippen molar-refractivity contribution in [2.24, 2.45) is 0 Å². The zero-order valence-electron chi connectivity index (χ0n) is 15.7. The molecule has 0 unspecified atom stereocenters. The van der Waals surface area contributed by atoms with Gasteiger partial charge in [-0.05, 0) is 50.2 Å². The van der Waals surface area contributed by atoms with Crippen molar-refractivity contribution >= 4 is 24.2 Å². The fourth-order valence-corrected chi connectivity index (χ4v) is 2.92. The second-order valence-electron chi connectivity index (χ2n) is 6.31. The van der Waals surface area contributed by atoms with Crippen molar-refractivity contribution in [3.05, 3.63) is 41.7 Å². The summed E-state index contributed by atoms with van der Waals surface area (Å²) in [5.41, 5.74) is 0.821. The highest BCUT2D eigenvalue weighted by molar-refractivity contribution is 5.94. The fourth-order valence-electron chi connectivity index (χ4n) is 2.92. The van der Waals surface area contributed by atoms with Gasteiger partial charge in [-0.15, -0.1) is 17.5 Å². The molecule has 1 saturated heterocycles. The van der Waals surface area contributed by atoms with Crippen LogP contribution in [0.1, 0.15) is 39.7 Å². The monoisotopic (exact) mass is 408 g/mol. The Hall–Kier alpha value is -2.65. The standard InChI is InChI=1S/C18H24N6O3.ClH/c1-27-15-4-2-13(3-5-15)17(25)20-10-11-21-18(26)16-12-24(23-22-16)14-6-8-19-9-7-14;/h2-5,12,14,19H,6-11H2,1H3,(H,20,25)(H,21,26);1H. The molecule has 2 amide bonds. The van der Waals surface area contributed by atoms with E-state index in [-0.39, 0.29) is 36.0 Å². The van der Waals surface area contributed by atoms with Gasteiger partial charge < -0.3 is 20.7 Å². The molecular formula is C18H25ClN6O3. The van der Waals surface area contributed by atoms with Crippen molar-refractivity contribution in [3.8, 4) is 5.75 Å². The van der Waals surface area contributed by atoms with Crippen LogP contribution >= 0.6 is 12.4 Å². The van der Waals surface area contributed by atoms with Gasteiger partial charge in [-0.2, -0.15) is 0 Å². The summed E-state index contributed by atoms with van der Waals surface area (Å²) in [6, 6.07) is 7.10. The molecule has 28 heavy (non-hydrogen) atoms. The third kappa shape index (κ3) is 5.67. The summed E-state index contributed by atoms with van der Waals surface area (Å²) >= 11 is 0. The summed E-state index contributed by atoms with van der Waals surface area (Å²) in [4.78, 5) is 24.2. The van der Waals surface area contributed by atoms with Gasteiger partial charge >= 0.3 is 0 Å². The van der Waals surface area contributed by atoms with Crippen molar-refractivity contribution in [3.63, 3.8) is 0 Å². The Balaban J connectivity index is 0.00000280. The van der Waals surface area contributed by atoms with Crippen LogP contribution in [0.3, 0.4) is 0 Å². The van der Waals surface area contributed by atoms with Gasteiger partial charge in [0.2, 0.25) is 0 Å². The third-order valence-electron chi connectivity index (χ3n) is 4.47. The van der Waals surface area contributed by atoms with Crippen LogP contribution in [0, 0.1) is 0 Å². The average molecular weight is 409 g/mol. The molecule has 1 aromatic heterocycles. The van der Waals surface area contributed by atoms with Crippen LogP contribution in [-0.2, 0) is 0 Å². The Kier molecular flexibility index (Phi) is 8.21. The minimum atomic E-state index is -0.297. The number of carbonyl (C=O) groups excluding carboxylic acids is 2. The first-order valence-electron chi connectivity index (χ1n) is 9.00. The maximum absolute atomic E-state index is 12.2. The van der Waals surface area contributed by atoms with Gasteiger partial charge in [0.1, 0.15) is 5.75 Å². The van der Waals surface area contributed by atoms with E-state index in [2.05, 4.69) is 26.3 Å². The SMILES string of the molecule is COc1ccc(C(=O)NCCNC(=O)c2cn(C3CCNCC3)nn2)cc1.Cl. The number of aromatic nitrogens is 3. The molecule has 10 heteroatoms. The number of benzene rings is 1. The number of nitrogens with zero attached hydrogens (tertiary/aromatic N) is 3. The van der Waals surface area contributed by atoms with Gasteiger partial charge in [0, 0.05) is 18.7 Å². The molecule has 3 rings (SSSR count). The predicted molar refractivity (Wildman–Crippen MR) is 106 cm³/mol. The number of rotatable bonds is 7. The second kappa shape index (κ2) is 10.6. The molecule has 152 valence electrons. The summed E-state index contributed by atoms with van der Waals surface area (Å²) in [6.45, 7) is 2.51. The van der Waals surface area contributed by atoms with Crippen LogP contribution in [0.2, 0.25) is 0 Å². The summed E-state index contributed by atoms with van der Waals surface area (Å²) in [6.07, 6.45) is 3.63. The quantitative estimate of drug-likeness (QED) is 0.584. The first kappa shape index (κ1) is 21.6. The van der Waals surface area contributed by atoms with Crippen molar-refractivity contribution in [2.45, 2.75) is 18.9 Å². The van der Waals surface area contributed by atoms with E-state index in [0.717, 1.165) is 25.9 Å². The van der Waals surface area contributed by atoms with Gasteiger partial charge in [0.25, 0.3) is 11.8 Å². The van der Waals surface area contributed by atoms with Crippen molar-refractivity contribution in [2.75, 3.05) is 33.3 Å². The highest BCUT2D eigenvalue weighted by Crippen LogP contribution is 2.17. The zero-order valence-corrected chi connectivity index (χ0v) is 16.5. The van der Waals surface area contributed by atoms with Crippen molar-refractivity contribution in [1.29, 1.82) is 0 Å². The molecule has 9 nitrogen and oxygen atoms in total. The summed E-state index contributed by atoms with van der Waals surface area (Å²) in [7, 11) is 1.57. The van der Waals surface area contributed by atoms with E-state index in [1.54, 1.807) is 42.3 Å². The lowest BCUT2D eigenvalue weighted by atomic mass is 10.1. The van der Waals surface area contributed by atoms with E-state index in [4.69, 9.17) is 4.74 Å². The van der Waals surface area contributed by atoms with Gasteiger partial charge in [-0.1, -0.05) is 5.21 Å².